The van der Waals surface area contributed by atoms with E-state index >= 15 is 0 Å². The molecule has 0 amide bonds. The first-order valence-electron chi connectivity index (χ1n) is 6.40. The van der Waals surface area contributed by atoms with Crippen molar-refractivity contribution in [1.82, 2.24) is 0 Å². The summed E-state index contributed by atoms with van der Waals surface area (Å²) < 4.78 is 0. The molecular weight excluding hydrogens is 260 g/mol. The Morgan fingerprint density at radius 3 is 2.53 bits per heavy atom. The van der Waals surface area contributed by atoms with Crippen LogP contribution in [0.4, 0.5) is 11.4 Å². The first-order chi connectivity index (χ1) is 9.10. The molecule has 0 bridgehead atoms. The number of guanidine groups is 1. The van der Waals surface area contributed by atoms with Crippen molar-refractivity contribution in [1.29, 1.82) is 0 Å². The van der Waals surface area contributed by atoms with Gasteiger partial charge in [-0.05, 0) is 39.0 Å². The maximum Gasteiger partial charge on any atom is 0.223 e. The Morgan fingerprint density at radius 1 is 1.32 bits per heavy atom. The molecule has 0 radical (unpaired) electrons. The molecule has 1 aromatic rings. The summed E-state index contributed by atoms with van der Waals surface area (Å²) in [5.74, 6) is 0.504. The molecule has 0 heterocycles. The standard InChI is InChI=1S/C14H21ClN4/c1-5-19(6-2)13-9-7-8-12(10-13)18-14(16-4)17-11(3)15/h7-10H,5-6H2,1-4H3,(H,16,18). The lowest BCUT2D eigenvalue weighted by Crippen LogP contribution is -2.22. The van der Waals surface area contributed by atoms with Gasteiger partial charge in [0, 0.05) is 31.5 Å². The Hall–Kier alpha value is -1.55. The van der Waals surface area contributed by atoms with Crippen LogP contribution in [0.2, 0.25) is 0 Å². The third kappa shape index (κ3) is 4.91. The average Bonchev–Trinajstić information content (AvgIpc) is 2.39. The summed E-state index contributed by atoms with van der Waals surface area (Å²) in [6.45, 7) is 7.97. The number of anilines is 2. The molecule has 0 saturated carbocycles. The van der Waals surface area contributed by atoms with E-state index in [0.717, 1.165) is 18.8 Å². The molecular formula is C14H21ClN4. The van der Waals surface area contributed by atoms with Gasteiger partial charge in [-0.2, -0.15) is 0 Å². The molecule has 0 fully saturated rings. The maximum absolute atomic E-state index is 5.77. The van der Waals surface area contributed by atoms with Crippen LogP contribution in [0.5, 0.6) is 0 Å². The molecule has 0 saturated heterocycles. The van der Waals surface area contributed by atoms with Gasteiger partial charge in [-0.1, -0.05) is 17.7 Å². The van der Waals surface area contributed by atoms with Crippen LogP contribution in [-0.2, 0) is 0 Å². The molecule has 104 valence electrons. The van der Waals surface area contributed by atoms with Gasteiger partial charge in [0.05, 0.1) is 0 Å². The predicted octanol–water partition coefficient (Wildman–Crippen LogP) is 3.59. The molecule has 0 aliphatic carbocycles. The van der Waals surface area contributed by atoms with Crippen molar-refractivity contribution in [2.24, 2.45) is 9.98 Å². The van der Waals surface area contributed by atoms with Crippen LogP contribution in [-0.4, -0.2) is 31.3 Å². The zero-order chi connectivity index (χ0) is 14.3. The average molecular weight is 281 g/mol. The van der Waals surface area contributed by atoms with Gasteiger partial charge < -0.3 is 10.2 Å². The molecule has 0 atom stereocenters. The van der Waals surface area contributed by atoms with E-state index < -0.39 is 0 Å². The molecule has 1 N–H and O–H groups in total. The minimum Gasteiger partial charge on any atom is -0.372 e. The second kappa shape index (κ2) is 7.79. The molecule has 5 heteroatoms. The zero-order valence-corrected chi connectivity index (χ0v) is 12.7. The van der Waals surface area contributed by atoms with Crippen molar-refractivity contribution < 1.29 is 0 Å². The van der Waals surface area contributed by atoms with Gasteiger partial charge in [0.25, 0.3) is 0 Å². The van der Waals surface area contributed by atoms with Gasteiger partial charge in [-0.25, -0.2) is 4.99 Å². The zero-order valence-electron chi connectivity index (χ0n) is 11.9. The third-order valence-electron chi connectivity index (χ3n) is 2.70. The molecule has 19 heavy (non-hydrogen) atoms. The van der Waals surface area contributed by atoms with E-state index in [1.807, 2.05) is 12.1 Å². The van der Waals surface area contributed by atoms with Crippen molar-refractivity contribution in [3.05, 3.63) is 24.3 Å². The lowest BCUT2D eigenvalue weighted by Gasteiger charge is -2.21. The van der Waals surface area contributed by atoms with Crippen LogP contribution in [0.3, 0.4) is 0 Å². The first-order valence-corrected chi connectivity index (χ1v) is 6.78. The van der Waals surface area contributed by atoms with Gasteiger partial charge >= 0.3 is 0 Å². The number of benzene rings is 1. The number of halogens is 1. The predicted molar refractivity (Wildman–Crippen MR) is 85.9 cm³/mol. The maximum atomic E-state index is 5.77. The molecule has 0 aromatic heterocycles. The van der Waals surface area contributed by atoms with Crippen molar-refractivity contribution in [3.8, 4) is 0 Å². The highest BCUT2D eigenvalue weighted by molar-refractivity contribution is 6.65. The quantitative estimate of drug-likeness (QED) is 0.676. The Morgan fingerprint density at radius 2 is 2.00 bits per heavy atom. The number of hydrogen-bond acceptors (Lipinski definition) is 2. The molecule has 4 nitrogen and oxygen atoms in total. The van der Waals surface area contributed by atoms with Gasteiger partial charge in [0.2, 0.25) is 5.96 Å². The normalized spacial score (nSPS) is 12.5. The number of rotatable bonds is 4. The van der Waals surface area contributed by atoms with Crippen LogP contribution >= 0.6 is 11.6 Å². The minimum atomic E-state index is 0.452. The lowest BCUT2D eigenvalue weighted by atomic mass is 10.2. The molecule has 0 spiro atoms. The first kappa shape index (κ1) is 15.5. The fraction of sp³-hybridized carbons (Fsp3) is 0.429. The highest BCUT2D eigenvalue weighted by atomic mass is 35.5. The Kier molecular flexibility index (Phi) is 6.36. The fourth-order valence-corrected chi connectivity index (χ4v) is 1.86. The molecule has 1 aromatic carbocycles. The van der Waals surface area contributed by atoms with E-state index in [0.29, 0.717) is 11.1 Å². The molecule has 0 aliphatic rings. The fourth-order valence-electron chi connectivity index (χ4n) is 1.78. The summed E-state index contributed by atoms with van der Waals surface area (Å²) in [4.78, 5) is 10.5. The van der Waals surface area contributed by atoms with E-state index in [2.05, 4.69) is 46.2 Å². The van der Waals surface area contributed by atoms with Crippen molar-refractivity contribution in [2.75, 3.05) is 30.4 Å². The Bertz CT molecular complexity index is 460. The topological polar surface area (TPSA) is 40.0 Å². The summed E-state index contributed by atoms with van der Waals surface area (Å²) in [5.41, 5.74) is 2.13. The summed E-state index contributed by atoms with van der Waals surface area (Å²) in [7, 11) is 1.68. The van der Waals surface area contributed by atoms with Gasteiger partial charge in [0.15, 0.2) is 0 Å². The van der Waals surface area contributed by atoms with Crippen molar-refractivity contribution >= 4 is 34.1 Å². The van der Waals surface area contributed by atoms with Gasteiger partial charge in [0.1, 0.15) is 5.17 Å². The van der Waals surface area contributed by atoms with Crippen LogP contribution in [0.1, 0.15) is 20.8 Å². The number of aliphatic imine (C=N–C) groups is 2. The number of nitrogens with one attached hydrogen (secondary N) is 1. The summed E-state index contributed by atoms with van der Waals surface area (Å²) in [6.07, 6.45) is 0. The van der Waals surface area contributed by atoms with Crippen LogP contribution < -0.4 is 10.2 Å². The van der Waals surface area contributed by atoms with E-state index in [9.17, 15) is 0 Å². The minimum absolute atomic E-state index is 0.452. The van der Waals surface area contributed by atoms with E-state index in [-0.39, 0.29) is 0 Å². The van der Waals surface area contributed by atoms with E-state index in [1.165, 1.54) is 5.69 Å². The monoisotopic (exact) mass is 280 g/mol. The number of nitrogens with zero attached hydrogens (tertiary/aromatic N) is 3. The van der Waals surface area contributed by atoms with E-state index in [4.69, 9.17) is 11.6 Å². The summed E-state index contributed by atoms with van der Waals surface area (Å²) >= 11 is 5.77. The number of hydrogen-bond donors (Lipinski definition) is 1. The molecule has 1 rings (SSSR count). The van der Waals surface area contributed by atoms with Crippen molar-refractivity contribution in [3.63, 3.8) is 0 Å². The third-order valence-corrected chi connectivity index (χ3v) is 2.79. The molecule has 0 aliphatic heterocycles. The Labute approximate surface area is 120 Å². The van der Waals surface area contributed by atoms with Crippen molar-refractivity contribution in [2.45, 2.75) is 20.8 Å². The molecule has 0 unspecified atom stereocenters. The largest absolute Gasteiger partial charge is 0.372 e. The van der Waals surface area contributed by atoms with Gasteiger partial charge in [-0.15, -0.1) is 0 Å². The highest BCUT2D eigenvalue weighted by Gasteiger charge is 2.04. The second-order valence-corrected chi connectivity index (χ2v) is 4.55. The van der Waals surface area contributed by atoms with Crippen LogP contribution in [0, 0.1) is 0 Å². The second-order valence-electron chi connectivity index (χ2n) is 4.00. The summed E-state index contributed by atoms with van der Waals surface area (Å²) in [5, 5.41) is 3.61. The Balaban J connectivity index is 2.91. The van der Waals surface area contributed by atoms with Crippen LogP contribution in [0.15, 0.2) is 34.3 Å². The van der Waals surface area contributed by atoms with Gasteiger partial charge in [-0.3, -0.25) is 4.99 Å². The SMILES string of the molecule is CCN(CC)c1cccc(NC(N=C(C)Cl)=NC)c1. The summed E-state index contributed by atoms with van der Waals surface area (Å²) in [6, 6.07) is 8.17. The van der Waals surface area contributed by atoms with E-state index in [1.54, 1.807) is 14.0 Å². The van der Waals surface area contributed by atoms with Crippen LogP contribution in [0.25, 0.3) is 0 Å². The highest BCUT2D eigenvalue weighted by Crippen LogP contribution is 2.19. The smallest absolute Gasteiger partial charge is 0.223 e. The lowest BCUT2D eigenvalue weighted by molar-refractivity contribution is 0.866.